The first kappa shape index (κ1) is 17.7. The van der Waals surface area contributed by atoms with Gasteiger partial charge in [0.25, 0.3) is 5.78 Å². The van der Waals surface area contributed by atoms with Crippen molar-refractivity contribution < 1.29 is 4.74 Å². The Hall–Kier alpha value is -3.41. The predicted octanol–water partition coefficient (Wildman–Crippen LogP) is 4.26. The van der Waals surface area contributed by atoms with E-state index in [1.165, 1.54) is 16.7 Å². The van der Waals surface area contributed by atoms with E-state index in [1.54, 1.807) is 7.11 Å². The van der Waals surface area contributed by atoms with Crippen molar-refractivity contribution in [3.05, 3.63) is 76.7 Å². The predicted molar refractivity (Wildman–Crippen MR) is 113 cm³/mol. The van der Waals surface area contributed by atoms with E-state index in [0.29, 0.717) is 12.2 Å². The normalized spacial score (nSPS) is 12.9. The Morgan fingerprint density at radius 3 is 2.76 bits per heavy atom. The number of hydrogen-bond acceptors (Lipinski definition) is 5. The summed E-state index contributed by atoms with van der Waals surface area (Å²) in [4.78, 5) is 9.51. The van der Waals surface area contributed by atoms with Gasteiger partial charge in [-0.1, -0.05) is 35.9 Å². The van der Waals surface area contributed by atoms with Gasteiger partial charge in [0.1, 0.15) is 11.6 Å². The highest BCUT2D eigenvalue weighted by molar-refractivity contribution is 5.65. The van der Waals surface area contributed by atoms with Gasteiger partial charge >= 0.3 is 0 Å². The Kier molecular flexibility index (Phi) is 4.39. The van der Waals surface area contributed by atoms with Crippen molar-refractivity contribution in [1.82, 2.24) is 19.6 Å². The van der Waals surface area contributed by atoms with Crippen LogP contribution in [-0.4, -0.2) is 26.7 Å². The molecule has 0 saturated carbocycles. The number of rotatable bonds is 5. The van der Waals surface area contributed by atoms with Crippen molar-refractivity contribution in [1.29, 1.82) is 0 Å². The van der Waals surface area contributed by atoms with Crippen molar-refractivity contribution in [2.45, 2.75) is 32.6 Å². The van der Waals surface area contributed by atoms with E-state index in [-0.39, 0.29) is 0 Å². The number of aryl methyl sites for hydroxylation is 2. The van der Waals surface area contributed by atoms with Gasteiger partial charge in [-0.25, -0.2) is 4.98 Å². The molecule has 0 aliphatic heterocycles. The number of methoxy groups -OCH3 is 1. The molecule has 2 aromatic heterocycles. The zero-order chi connectivity index (χ0) is 19.8. The van der Waals surface area contributed by atoms with Crippen molar-refractivity contribution in [3.8, 4) is 5.75 Å². The van der Waals surface area contributed by atoms with Crippen LogP contribution in [0.25, 0.3) is 5.78 Å². The molecular formula is C23H23N5O. The summed E-state index contributed by atoms with van der Waals surface area (Å²) in [6, 6.07) is 16.4. The standard InChI is InChI=1S/C23H23N5O/c1-15-9-11-16(12-10-15)13-21-26-23-25-20-8-4-7-19(20)22(28(23)27-21)24-17-5-3-6-18(14-17)29-2/h3,5-6,9-12,14,24H,4,7-8,13H2,1-2H3. The smallest absolute Gasteiger partial charge is 0.254 e. The fourth-order valence-electron chi connectivity index (χ4n) is 3.85. The van der Waals surface area contributed by atoms with Crippen molar-refractivity contribution in [2.24, 2.45) is 0 Å². The Balaban J connectivity index is 1.56. The number of nitrogens with zero attached hydrogens (tertiary/aromatic N) is 4. The Bertz CT molecular complexity index is 1180. The molecule has 6 nitrogen and oxygen atoms in total. The molecule has 0 saturated heterocycles. The lowest BCUT2D eigenvalue weighted by atomic mass is 10.1. The average molecular weight is 385 g/mol. The summed E-state index contributed by atoms with van der Waals surface area (Å²) in [7, 11) is 1.68. The molecule has 0 amide bonds. The topological polar surface area (TPSA) is 64.3 Å². The molecule has 0 unspecified atom stereocenters. The van der Waals surface area contributed by atoms with Crippen LogP contribution in [0.5, 0.6) is 5.75 Å². The number of ether oxygens (including phenoxy) is 1. The molecule has 0 bridgehead atoms. The summed E-state index contributed by atoms with van der Waals surface area (Å²) in [5, 5.41) is 8.34. The summed E-state index contributed by atoms with van der Waals surface area (Å²) >= 11 is 0. The van der Waals surface area contributed by atoms with E-state index in [0.717, 1.165) is 48.0 Å². The van der Waals surface area contributed by atoms with Crippen LogP contribution in [0.15, 0.2) is 48.5 Å². The molecule has 0 radical (unpaired) electrons. The highest BCUT2D eigenvalue weighted by Gasteiger charge is 2.22. The molecule has 2 heterocycles. The van der Waals surface area contributed by atoms with E-state index in [9.17, 15) is 0 Å². The first-order chi connectivity index (χ1) is 14.2. The number of anilines is 2. The summed E-state index contributed by atoms with van der Waals surface area (Å²) in [6.45, 7) is 2.09. The maximum Gasteiger partial charge on any atom is 0.254 e. The van der Waals surface area contributed by atoms with Gasteiger partial charge in [-0.2, -0.15) is 9.50 Å². The largest absolute Gasteiger partial charge is 0.497 e. The van der Waals surface area contributed by atoms with Crippen LogP contribution in [0.2, 0.25) is 0 Å². The number of benzene rings is 2. The van der Waals surface area contributed by atoms with Gasteiger partial charge in [0.2, 0.25) is 0 Å². The van der Waals surface area contributed by atoms with E-state index in [1.807, 2.05) is 28.8 Å². The van der Waals surface area contributed by atoms with Crippen LogP contribution in [-0.2, 0) is 19.3 Å². The van der Waals surface area contributed by atoms with Crippen LogP contribution in [0.3, 0.4) is 0 Å². The molecule has 6 heteroatoms. The summed E-state index contributed by atoms with van der Waals surface area (Å²) < 4.78 is 7.22. The van der Waals surface area contributed by atoms with Crippen molar-refractivity contribution in [2.75, 3.05) is 12.4 Å². The van der Waals surface area contributed by atoms with Crippen LogP contribution >= 0.6 is 0 Å². The van der Waals surface area contributed by atoms with E-state index >= 15 is 0 Å². The molecule has 0 atom stereocenters. The number of hydrogen-bond donors (Lipinski definition) is 1. The van der Waals surface area contributed by atoms with Gasteiger partial charge in [0, 0.05) is 23.7 Å². The van der Waals surface area contributed by atoms with Crippen LogP contribution in [0.4, 0.5) is 11.5 Å². The molecule has 29 heavy (non-hydrogen) atoms. The Morgan fingerprint density at radius 2 is 1.93 bits per heavy atom. The number of fused-ring (bicyclic) bond motifs is 2. The molecule has 1 aliphatic rings. The van der Waals surface area contributed by atoms with Gasteiger partial charge < -0.3 is 10.1 Å². The Labute approximate surface area is 169 Å². The first-order valence-electron chi connectivity index (χ1n) is 9.93. The fraction of sp³-hybridized carbons (Fsp3) is 0.261. The third-order valence-corrected chi connectivity index (χ3v) is 5.37. The molecule has 1 aliphatic carbocycles. The summed E-state index contributed by atoms with van der Waals surface area (Å²) in [6.07, 6.45) is 3.78. The van der Waals surface area contributed by atoms with E-state index in [4.69, 9.17) is 19.8 Å². The lowest BCUT2D eigenvalue weighted by Crippen LogP contribution is -2.07. The lowest BCUT2D eigenvalue weighted by molar-refractivity contribution is 0.415. The molecule has 0 fully saturated rings. The quantitative estimate of drug-likeness (QED) is 0.556. The van der Waals surface area contributed by atoms with Gasteiger partial charge in [-0.05, 0) is 43.9 Å². The van der Waals surface area contributed by atoms with Gasteiger partial charge in [-0.3, -0.25) is 0 Å². The second-order valence-corrected chi connectivity index (χ2v) is 7.50. The highest BCUT2D eigenvalue weighted by Crippen LogP contribution is 2.31. The molecule has 1 N–H and O–H groups in total. The SMILES string of the molecule is COc1cccc(Nc2c3c(nc4nc(Cc5ccc(C)cc5)nn24)CCC3)c1. The lowest BCUT2D eigenvalue weighted by Gasteiger charge is -2.13. The number of nitrogens with one attached hydrogen (secondary N) is 1. The van der Waals surface area contributed by atoms with Crippen molar-refractivity contribution in [3.63, 3.8) is 0 Å². The molecule has 0 spiro atoms. The van der Waals surface area contributed by atoms with E-state index in [2.05, 4.69) is 36.5 Å². The summed E-state index contributed by atoms with van der Waals surface area (Å²) in [5.41, 5.74) is 5.76. The first-order valence-corrected chi connectivity index (χ1v) is 9.93. The van der Waals surface area contributed by atoms with Gasteiger partial charge in [-0.15, -0.1) is 5.10 Å². The van der Waals surface area contributed by atoms with Crippen LogP contribution in [0, 0.1) is 6.92 Å². The monoisotopic (exact) mass is 385 g/mol. The maximum absolute atomic E-state index is 5.36. The molecule has 2 aromatic carbocycles. The summed E-state index contributed by atoms with van der Waals surface area (Å²) in [5.74, 6) is 3.20. The maximum atomic E-state index is 5.36. The van der Waals surface area contributed by atoms with Gasteiger partial charge in [0.15, 0.2) is 5.82 Å². The third-order valence-electron chi connectivity index (χ3n) is 5.37. The highest BCUT2D eigenvalue weighted by atomic mass is 16.5. The second-order valence-electron chi connectivity index (χ2n) is 7.50. The minimum Gasteiger partial charge on any atom is -0.497 e. The van der Waals surface area contributed by atoms with E-state index < -0.39 is 0 Å². The Morgan fingerprint density at radius 1 is 1.07 bits per heavy atom. The van der Waals surface area contributed by atoms with Gasteiger partial charge in [0.05, 0.1) is 12.8 Å². The molecular weight excluding hydrogens is 362 g/mol. The molecule has 4 aromatic rings. The zero-order valence-corrected chi connectivity index (χ0v) is 16.6. The minimum absolute atomic E-state index is 0.651. The van der Waals surface area contributed by atoms with Crippen LogP contribution < -0.4 is 10.1 Å². The molecule has 146 valence electrons. The molecule has 5 rings (SSSR count). The zero-order valence-electron chi connectivity index (χ0n) is 16.6. The fourth-order valence-corrected chi connectivity index (χ4v) is 3.85. The van der Waals surface area contributed by atoms with Crippen LogP contribution in [0.1, 0.15) is 34.6 Å². The average Bonchev–Trinajstić information content (AvgIpc) is 3.36. The number of aromatic nitrogens is 4. The van der Waals surface area contributed by atoms with Crippen molar-refractivity contribution >= 4 is 17.3 Å². The second kappa shape index (κ2) is 7.20. The third kappa shape index (κ3) is 3.42. The minimum atomic E-state index is 0.651.